The van der Waals surface area contributed by atoms with E-state index in [1.165, 1.54) is 0 Å². The molecule has 2 aliphatic heterocycles. The standard InChI is InChI=1S/C25H24N4O3/c1-17-13-20(30)19(16-28-9-11-29(12-10-28)22-6-2-3-8-27-22)25-23(17)24(31)21(32-25)14-18-5-4-7-26-15-18/h2-8,13-15,30H,9-12,16H2,1H3/b21-14-. The quantitative estimate of drug-likeness (QED) is 0.638. The summed E-state index contributed by atoms with van der Waals surface area (Å²) in [6.45, 7) is 5.67. The van der Waals surface area contributed by atoms with E-state index in [1.807, 2.05) is 37.3 Å². The van der Waals surface area contributed by atoms with Crippen molar-refractivity contribution >= 4 is 17.7 Å². The molecule has 5 rings (SSSR count). The van der Waals surface area contributed by atoms with E-state index in [4.69, 9.17) is 4.74 Å². The molecule has 2 aliphatic rings. The summed E-state index contributed by atoms with van der Waals surface area (Å²) in [5.74, 6) is 1.69. The fourth-order valence-corrected chi connectivity index (χ4v) is 4.25. The molecule has 0 aliphatic carbocycles. The van der Waals surface area contributed by atoms with E-state index in [-0.39, 0.29) is 17.3 Å². The van der Waals surface area contributed by atoms with Crippen LogP contribution in [0.15, 0.2) is 60.7 Å². The number of benzene rings is 1. The van der Waals surface area contributed by atoms with Crippen LogP contribution in [0.3, 0.4) is 0 Å². The van der Waals surface area contributed by atoms with E-state index in [1.54, 1.807) is 30.7 Å². The van der Waals surface area contributed by atoms with Crippen molar-refractivity contribution in [2.24, 2.45) is 0 Å². The van der Waals surface area contributed by atoms with Crippen LogP contribution in [-0.4, -0.2) is 51.9 Å². The Bertz CT molecular complexity index is 1170. The summed E-state index contributed by atoms with van der Waals surface area (Å²) in [5, 5.41) is 10.7. The lowest BCUT2D eigenvalue weighted by molar-refractivity contribution is 0.101. The molecule has 1 aromatic carbocycles. The number of anilines is 1. The summed E-state index contributed by atoms with van der Waals surface area (Å²) < 4.78 is 6.02. The van der Waals surface area contributed by atoms with Crippen molar-refractivity contribution in [1.29, 1.82) is 0 Å². The van der Waals surface area contributed by atoms with E-state index in [9.17, 15) is 9.90 Å². The Morgan fingerprint density at radius 2 is 1.97 bits per heavy atom. The van der Waals surface area contributed by atoms with Crippen molar-refractivity contribution in [2.45, 2.75) is 13.5 Å². The number of hydrogen-bond donors (Lipinski definition) is 1. The molecule has 0 amide bonds. The molecule has 0 bridgehead atoms. The number of Topliss-reactive ketones (excluding diaryl/α,β-unsaturated/α-hetero) is 1. The topological polar surface area (TPSA) is 78.8 Å². The van der Waals surface area contributed by atoms with Crippen LogP contribution >= 0.6 is 0 Å². The van der Waals surface area contributed by atoms with E-state index in [2.05, 4.69) is 19.8 Å². The molecule has 1 N–H and O–H groups in total. The number of aromatic nitrogens is 2. The van der Waals surface area contributed by atoms with Gasteiger partial charge >= 0.3 is 0 Å². The number of nitrogens with zero attached hydrogens (tertiary/aromatic N) is 4. The Labute approximate surface area is 186 Å². The smallest absolute Gasteiger partial charge is 0.232 e. The number of hydrogen-bond acceptors (Lipinski definition) is 7. The number of allylic oxidation sites excluding steroid dienone is 1. The molecule has 7 heteroatoms. The zero-order valence-electron chi connectivity index (χ0n) is 17.9. The average molecular weight is 428 g/mol. The van der Waals surface area contributed by atoms with Crippen LogP contribution in [0.25, 0.3) is 6.08 Å². The van der Waals surface area contributed by atoms with Crippen LogP contribution in [-0.2, 0) is 6.54 Å². The average Bonchev–Trinajstić information content (AvgIpc) is 3.14. The molecule has 2 aromatic heterocycles. The molecule has 1 saturated heterocycles. The number of ketones is 1. The minimum atomic E-state index is -0.164. The van der Waals surface area contributed by atoms with Crippen LogP contribution in [0, 0.1) is 6.92 Å². The Hall–Kier alpha value is -3.71. The third-order valence-electron chi connectivity index (χ3n) is 5.93. The van der Waals surface area contributed by atoms with Gasteiger partial charge in [-0.15, -0.1) is 0 Å². The Balaban J connectivity index is 1.37. The molecule has 32 heavy (non-hydrogen) atoms. The van der Waals surface area contributed by atoms with Crippen molar-refractivity contribution in [3.05, 3.63) is 83.0 Å². The maximum Gasteiger partial charge on any atom is 0.232 e. The van der Waals surface area contributed by atoms with Gasteiger partial charge in [-0.25, -0.2) is 4.98 Å². The first kappa shape index (κ1) is 20.2. The molecule has 4 heterocycles. The Morgan fingerprint density at radius 1 is 1.12 bits per heavy atom. The van der Waals surface area contributed by atoms with Gasteiger partial charge in [0.25, 0.3) is 0 Å². The summed E-state index contributed by atoms with van der Waals surface area (Å²) in [5.41, 5.74) is 2.68. The molecular weight excluding hydrogens is 404 g/mol. The molecule has 3 aromatic rings. The molecule has 162 valence electrons. The van der Waals surface area contributed by atoms with Crippen LogP contribution in [0.1, 0.15) is 27.0 Å². The SMILES string of the molecule is Cc1cc(O)c(CN2CCN(c3ccccn3)CC2)c2c1C(=O)/C(=C/c1cccnc1)O2. The number of pyridine rings is 2. The zero-order chi connectivity index (χ0) is 22.1. The first-order chi connectivity index (χ1) is 15.6. The van der Waals surface area contributed by atoms with E-state index >= 15 is 0 Å². The first-order valence-corrected chi connectivity index (χ1v) is 10.7. The van der Waals surface area contributed by atoms with Crippen molar-refractivity contribution in [3.63, 3.8) is 0 Å². The molecule has 1 fully saturated rings. The number of rotatable bonds is 4. The van der Waals surface area contributed by atoms with Gasteiger partial charge in [0.15, 0.2) is 5.76 Å². The highest BCUT2D eigenvalue weighted by Gasteiger charge is 2.34. The van der Waals surface area contributed by atoms with Gasteiger partial charge in [0.05, 0.1) is 11.1 Å². The highest BCUT2D eigenvalue weighted by Crippen LogP contribution is 2.42. The number of phenolic OH excluding ortho intramolecular Hbond substituents is 1. The molecular formula is C25H24N4O3. The summed E-state index contributed by atoms with van der Waals surface area (Å²) >= 11 is 0. The number of carbonyl (C=O) groups is 1. The number of ether oxygens (including phenoxy) is 1. The summed E-state index contributed by atoms with van der Waals surface area (Å²) in [7, 11) is 0. The lowest BCUT2D eigenvalue weighted by Gasteiger charge is -2.35. The number of fused-ring (bicyclic) bond motifs is 1. The summed E-state index contributed by atoms with van der Waals surface area (Å²) in [4.78, 5) is 26.1. The van der Waals surface area contributed by atoms with Gasteiger partial charge in [-0.1, -0.05) is 12.1 Å². The number of carbonyl (C=O) groups excluding carboxylic acids is 1. The normalized spacial score (nSPS) is 17.5. The lowest BCUT2D eigenvalue weighted by Crippen LogP contribution is -2.46. The van der Waals surface area contributed by atoms with E-state index < -0.39 is 0 Å². The Morgan fingerprint density at radius 3 is 2.69 bits per heavy atom. The van der Waals surface area contributed by atoms with Crippen LogP contribution in [0.5, 0.6) is 11.5 Å². The van der Waals surface area contributed by atoms with E-state index in [0.29, 0.717) is 29.0 Å². The van der Waals surface area contributed by atoms with Crippen molar-refractivity contribution in [1.82, 2.24) is 14.9 Å². The molecule has 0 unspecified atom stereocenters. The molecule has 0 spiro atoms. The second-order valence-corrected chi connectivity index (χ2v) is 8.07. The van der Waals surface area contributed by atoms with Crippen LogP contribution in [0.4, 0.5) is 5.82 Å². The van der Waals surface area contributed by atoms with Crippen molar-refractivity contribution in [2.75, 3.05) is 31.1 Å². The summed E-state index contributed by atoms with van der Waals surface area (Å²) in [6, 6.07) is 11.3. The van der Waals surface area contributed by atoms with Crippen molar-refractivity contribution in [3.8, 4) is 11.5 Å². The number of aromatic hydroxyl groups is 1. The highest BCUT2D eigenvalue weighted by molar-refractivity contribution is 6.15. The van der Waals surface area contributed by atoms with Gasteiger partial charge in [-0.3, -0.25) is 14.7 Å². The molecule has 0 atom stereocenters. The number of piperazine rings is 1. The van der Waals surface area contributed by atoms with Gasteiger partial charge in [-0.2, -0.15) is 0 Å². The molecule has 0 radical (unpaired) electrons. The maximum absolute atomic E-state index is 13.1. The third kappa shape index (κ3) is 3.83. The summed E-state index contributed by atoms with van der Waals surface area (Å²) in [6.07, 6.45) is 6.86. The second-order valence-electron chi connectivity index (χ2n) is 8.07. The largest absolute Gasteiger partial charge is 0.507 e. The number of aryl methyl sites for hydroxylation is 1. The zero-order valence-corrected chi connectivity index (χ0v) is 17.9. The highest BCUT2D eigenvalue weighted by atomic mass is 16.5. The van der Waals surface area contributed by atoms with Gasteiger partial charge < -0.3 is 14.7 Å². The maximum atomic E-state index is 13.1. The fourth-order valence-electron chi connectivity index (χ4n) is 4.25. The van der Waals surface area contributed by atoms with Gasteiger partial charge in [-0.05, 0) is 48.4 Å². The van der Waals surface area contributed by atoms with Gasteiger partial charge in [0.1, 0.15) is 17.3 Å². The fraction of sp³-hybridized carbons (Fsp3) is 0.240. The minimum Gasteiger partial charge on any atom is -0.507 e. The van der Waals surface area contributed by atoms with Crippen molar-refractivity contribution < 1.29 is 14.6 Å². The molecule has 7 nitrogen and oxygen atoms in total. The first-order valence-electron chi connectivity index (χ1n) is 10.7. The lowest BCUT2D eigenvalue weighted by atomic mass is 9.99. The second kappa shape index (κ2) is 8.43. The predicted molar refractivity (Wildman–Crippen MR) is 122 cm³/mol. The molecule has 0 saturated carbocycles. The Kier molecular flexibility index (Phi) is 5.33. The predicted octanol–water partition coefficient (Wildman–Crippen LogP) is 3.43. The minimum absolute atomic E-state index is 0.156. The number of phenols is 1. The van der Waals surface area contributed by atoms with Gasteiger partial charge in [0, 0.05) is 51.3 Å². The van der Waals surface area contributed by atoms with Crippen LogP contribution < -0.4 is 9.64 Å². The van der Waals surface area contributed by atoms with Gasteiger partial charge in [0.2, 0.25) is 5.78 Å². The van der Waals surface area contributed by atoms with E-state index in [0.717, 1.165) is 37.6 Å². The van der Waals surface area contributed by atoms with Crippen LogP contribution in [0.2, 0.25) is 0 Å². The third-order valence-corrected chi connectivity index (χ3v) is 5.93. The monoisotopic (exact) mass is 428 g/mol.